The van der Waals surface area contributed by atoms with Crippen molar-refractivity contribution in [2.75, 3.05) is 13.7 Å². The SMILES string of the molecule is CCOC(=O)Cc1ccc(O[Si](C)(C)C)c(OC)c1. The Labute approximate surface area is 115 Å². The standard InChI is InChI=1S/C14H22O4Si/c1-6-17-14(15)10-11-7-8-12(13(9-11)16-2)18-19(3,4)5/h7-9H,6,10H2,1-5H3. The maximum atomic E-state index is 11.4. The topological polar surface area (TPSA) is 44.8 Å². The van der Waals surface area contributed by atoms with Crippen LogP contribution in [0.2, 0.25) is 19.6 Å². The molecule has 0 aliphatic rings. The van der Waals surface area contributed by atoms with E-state index in [9.17, 15) is 4.79 Å². The third-order valence-corrected chi connectivity index (χ3v) is 3.13. The molecular weight excluding hydrogens is 260 g/mol. The van der Waals surface area contributed by atoms with Gasteiger partial charge < -0.3 is 13.9 Å². The molecule has 0 aliphatic carbocycles. The maximum Gasteiger partial charge on any atom is 0.310 e. The summed E-state index contributed by atoms with van der Waals surface area (Å²) in [7, 11) is -0.0816. The van der Waals surface area contributed by atoms with Gasteiger partial charge in [-0.3, -0.25) is 4.79 Å². The highest BCUT2D eigenvalue weighted by Gasteiger charge is 2.19. The molecule has 0 N–H and O–H groups in total. The highest BCUT2D eigenvalue weighted by Crippen LogP contribution is 2.30. The molecule has 4 nitrogen and oxygen atoms in total. The Hall–Kier alpha value is -1.49. The molecule has 0 radical (unpaired) electrons. The van der Waals surface area contributed by atoms with Crippen LogP contribution in [-0.2, 0) is 16.0 Å². The lowest BCUT2D eigenvalue weighted by Crippen LogP contribution is -2.29. The van der Waals surface area contributed by atoms with Crippen LogP contribution in [0.1, 0.15) is 12.5 Å². The van der Waals surface area contributed by atoms with Gasteiger partial charge in [0, 0.05) is 0 Å². The molecule has 1 aromatic rings. The maximum absolute atomic E-state index is 11.4. The fourth-order valence-electron chi connectivity index (χ4n) is 1.61. The summed E-state index contributed by atoms with van der Waals surface area (Å²) in [6.45, 7) is 8.52. The van der Waals surface area contributed by atoms with Crippen molar-refractivity contribution in [3.05, 3.63) is 23.8 Å². The molecule has 0 saturated heterocycles. The number of methoxy groups -OCH3 is 1. The second-order valence-electron chi connectivity index (χ2n) is 5.18. The zero-order valence-corrected chi connectivity index (χ0v) is 13.3. The minimum atomic E-state index is -1.68. The molecule has 0 spiro atoms. The summed E-state index contributed by atoms with van der Waals surface area (Å²) in [6.07, 6.45) is 0.247. The van der Waals surface area contributed by atoms with Crippen molar-refractivity contribution in [3.63, 3.8) is 0 Å². The molecule has 0 fully saturated rings. The summed E-state index contributed by atoms with van der Waals surface area (Å²) in [5.74, 6) is 1.15. The molecule has 1 rings (SSSR count). The van der Waals surface area contributed by atoms with Gasteiger partial charge in [0.1, 0.15) is 5.75 Å². The molecular formula is C14H22O4Si. The van der Waals surface area contributed by atoms with E-state index in [0.29, 0.717) is 12.4 Å². The van der Waals surface area contributed by atoms with Gasteiger partial charge in [0.25, 0.3) is 0 Å². The Kier molecular flexibility index (Phi) is 5.41. The van der Waals surface area contributed by atoms with Crippen LogP contribution in [0.15, 0.2) is 18.2 Å². The summed E-state index contributed by atoms with van der Waals surface area (Å²) in [5.41, 5.74) is 0.859. The van der Waals surface area contributed by atoms with E-state index in [0.717, 1.165) is 11.3 Å². The van der Waals surface area contributed by atoms with E-state index in [2.05, 4.69) is 19.6 Å². The highest BCUT2D eigenvalue weighted by molar-refractivity contribution is 6.70. The third-order valence-electron chi connectivity index (χ3n) is 2.30. The number of hydrogen-bond acceptors (Lipinski definition) is 4. The van der Waals surface area contributed by atoms with Crippen LogP contribution in [-0.4, -0.2) is 28.0 Å². The second-order valence-corrected chi connectivity index (χ2v) is 9.61. The lowest BCUT2D eigenvalue weighted by Gasteiger charge is -2.21. The number of esters is 1. The van der Waals surface area contributed by atoms with Crippen LogP contribution in [0.5, 0.6) is 11.5 Å². The number of carbonyl (C=O) groups is 1. The molecule has 1 aromatic carbocycles. The lowest BCUT2D eigenvalue weighted by atomic mass is 10.1. The van der Waals surface area contributed by atoms with E-state index >= 15 is 0 Å². The van der Waals surface area contributed by atoms with Gasteiger partial charge in [0.15, 0.2) is 5.75 Å². The molecule has 5 heteroatoms. The molecule has 0 saturated carbocycles. The van der Waals surface area contributed by atoms with E-state index in [1.54, 1.807) is 14.0 Å². The third kappa shape index (κ3) is 5.34. The average molecular weight is 282 g/mol. The van der Waals surface area contributed by atoms with Crippen molar-refractivity contribution in [2.24, 2.45) is 0 Å². The Morgan fingerprint density at radius 2 is 1.89 bits per heavy atom. The minimum absolute atomic E-state index is 0.233. The molecule has 19 heavy (non-hydrogen) atoms. The van der Waals surface area contributed by atoms with Crippen LogP contribution in [0.3, 0.4) is 0 Å². The van der Waals surface area contributed by atoms with Crippen LogP contribution < -0.4 is 9.16 Å². The minimum Gasteiger partial charge on any atom is -0.542 e. The summed E-state index contributed by atoms with van der Waals surface area (Å²) in [5, 5.41) is 0. The van der Waals surface area contributed by atoms with Crippen LogP contribution >= 0.6 is 0 Å². The largest absolute Gasteiger partial charge is 0.542 e. The monoisotopic (exact) mass is 282 g/mol. The van der Waals surface area contributed by atoms with Gasteiger partial charge in [-0.2, -0.15) is 0 Å². The Morgan fingerprint density at radius 1 is 1.21 bits per heavy atom. The summed E-state index contributed by atoms with van der Waals surface area (Å²) in [6, 6.07) is 5.55. The fraction of sp³-hybridized carbons (Fsp3) is 0.500. The zero-order chi connectivity index (χ0) is 14.5. The van der Waals surface area contributed by atoms with Crippen LogP contribution in [0.25, 0.3) is 0 Å². The van der Waals surface area contributed by atoms with E-state index < -0.39 is 8.32 Å². The van der Waals surface area contributed by atoms with Crippen molar-refractivity contribution in [3.8, 4) is 11.5 Å². The Bertz CT molecular complexity index is 438. The fourth-order valence-corrected chi connectivity index (χ4v) is 2.44. The van der Waals surface area contributed by atoms with Gasteiger partial charge in [0.05, 0.1) is 20.1 Å². The first-order valence-electron chi connectivity index (χ1n) is 6.37. The quantitative estimate of drug-likeness (QED) is 0.594. The smallest absolute Gasteiger partial charge is 0.310 e. The van der Waals surface area contributed by atoms with E-state index in [1.807, 2.05) is 18.2 Å². The summed E-state index contributed by atoms with van der Waals surface area (Å²) >= 11 is 0. The average Bonchev–Trinajstić information content (AvgIpc) is 2.29. The van der Waals surface area contributed by atoms with Crippen molar-refractivity contribution >= 4 is 14.3 Å². The van der Waals surface area contributed by atoms with Gasteiger partial charge in [0.2, 0.25) is 8.32 Å². The molecule has 0 heterocycles. The van der Waals surface area contributed by atoms with Crippen molar-refractivity contribution < 1.29 is 18.7 Å². The second kappa shape index (κ2) is 6.61. The number of hydrogen-bond donors (Lipinski definition) is 0. The lowest BCUT2D eigenvalue weighted by molar-refractivity contribution is -0.142. The molecule has 0 bridgehead atoms. The highest BCUT2D eigenvalue weighted by atomic mass is 28.4. The van der Waals surface area contributed by atoms with Gasteiger partial charge in [-0.05, 0) is 44.3 Å². The number of rotatable bonds is 6. The number of ether oxygens (including phenoxy) is 2. The normalized spacial score (nSPS) is 11.0. The van der Waals surface area contributed by atoms with E-state index in [-0.39, 0.29) is 12.4 Å². The Balaban J connectivity index is 2.86. The zero-order valence-electron chi connectivity index (χ0n) is 12.3. The number of carbonyl (C=O) groups excluding carboxylic acids is 1. The van der Waals surface area contributed by atoms with E-state index in [4.69, 9.17) is 13.9 Å². The van der Waals surface area contributed by atoms with Gasteiger partial charge in [-0.25, -0.2) is 0 Å². The predicted octanol–water partition coefficient (Wildman–Crippen LogP) is 3.01. The van der Waals surface area contributed by atoms with Crippen LogP contribution in [0.4, 0.5) is 0 Å². The van der Waals surface area contributed by atoms with Crippen molar-refractivity contribution in [2.45, 2.75) is 33.0 Å². The molecule has 0 aliphatic heterocycles. The first-order valence-corrected chi connectivity index (χ1v) is 9.78. The summed E-state index contributed by atoms with van der Waals surface area (Å²) < 4.78 is 16.2. The molecule has 0 unspecified atom stereocenters. The molecule has 106 valence electrons. The predicted molar refractivity (Wildman–Crippen MR) is 77.3 cm³/mol. The van der Waals surface area contributed by atoms with Gasteiger partial charge in [-0.15, -0.1) is 0 Å². The first-order chi connectivity index (χ1) is 8.85. The van der Waals surface area contributed by atoms with Gasteiger partial charge in [-0.1, -0.05) is 6.07 Å². The molecule has 0 atom stereocenters. The van der Waals surface area contributed by atoms with Crippen molar-refractivity contribution in [1.82, 2.24) is 0 Å². The first kappa shape index (κ1) is 15.6. The molecule has 0 aromatic heterocycles. The van der Waals surface area contributed by atoms with E-state index in [1.165, 1.54) is 0 Å². The summed E-state index contributed by atoms with van der Waals surface area (Å²) in [4.78, 5) is 11.4. The van der Waals surface area contributed by atoms with Crippen molar-refractivity contribution in [1.29, 1.82) is 0 Å². The Morgan fingerprint density at radius 3 is 2.42 bits per heavy atom. The molecule has 0 amide bonds. The number of benzene rings is 1. The van der Waals surface area contributed by atoms with Gasteiger partial charge >= 0.3 is 5.97 Å². The van der Waals surface area contributed by atoms with Crippen LogP contribution in [0, 0.1) is 0 Å².